The van der Waals surface area contributed by atoms with Gasteiger partial charge in [0.15, 0.2) is 15.8 Å². The summed E-state index contributed by atoms with van der Waals surface area (Å²) in [5.74, 6) is 0.582. The van der Waals surface area contributed by atoms with E-state index in [-0.39, 0.29) is 24.0 Å². The Bertz CT molecular complexity index is 1070. The molecule has 2 rings (SSSR count). The predicted molar refractivity (Wildman–Crippen MR) is 136 cm³/mol. The standard InChI is InChI=1S/C22H29N3O5S.HI/c1-6-23-22(24-13-16-8-10-20(15(2)11-16)31(5,27)28)25-14-17-7-9-19(29-3)18(12-17)21(26)30-4;/h7-12H,6,13-14H2,1-5H3,(H2,23,24,25);1H. The van der Waals surface area contributed by atoms with Crippen molar-refractivity contribution in [3.63, 3.8) is 0 Å². The van der Waals surface area contributed by atoms with Crippen LogP contribution in [0.4, 0.5) is 0 Å². The number of esters is 1. The first-order chi connectivity index (χ1) is 14.7. The zero-order chi connectivity index (χ0) is 23.0. The second-order valence-corrected chi connectivity index (χ2v) is 8.93. The fourth-order valence-electron chi connectivity index (χ4n) is 3.06. The van der Waals surface area contributed by atoms with Crippen molar-refractivity contribution in [1.82, 2.24) is 10.6 Å². The van der Waals surface area contributed by atoms with E-state index < -0.39 is 15.8 Å². The van der Waals surface area contributed by atoms with Crippen LogP contribution < -0.4 is 15.4 Å². The Hall–Kier alpha value is -2.34. The highest BCUT2D eigenvalue weighted by Crippen LogP contribution is 2.21. The van der Waals surface area contributed by atoms with Crippen LogP contribution in [0.5, 0.6) is 5.75 Å². The highest BCUT2D eigenvalue weighted by molar-refractivity contribution is 14.0. The molecular formula is C22H30IN3O5S. The highest BCUT2D eigenvalue weighted by atomic mass is 127. The fourth-order valence-corrected chi connectivity index (χ4v) is 4.02. The number of methoxy groups -OCH3 is 2. The van der Waals surface area contributed by atoms with Crippen LogP contribution in [0, 0.1) is 6.92 Å². The monoisotopic (exact) mass is 575 g/mol. The third kappa shape index (κ3) is 7.66. The van der Waals surface area contributed by atoms with Crippen molar-refractivity contribution in [2.75, 3.05) is 27.0 Å². The minimum atomic E-state index is -3.25. The van der Waals surface area contributed by atoms with Gasteiger partial charge in [0, 0.05) is 19.3 Å². The number of hydrogen-bond acceptors (Lipinski definition) is 6. The summed E-state index contributed by atoms with van der Waals surface area (Å²) in [5, 5.41) is 6.40. The molecule has 2 aromatic carbocycles. The molecule has 2 N–H and O–H groups in total. The maximum absolute atomic E-state index is 12.0. The molecule has 0 atom stereocenters. The van der Waals surface area contributed by atoms with Crippen molar-refractivity contribution in [3.05, 3.63) is 58.7 Å². The summed E-state index contributed by atoms with van der Waals surface area (Å²) < 4.78 is 33.6. The minimum Gasteiger partial charge on any atom is -0.496 e. The molecule has 0 saturated heterocycles. The zero-order valence-electron chi connectivity index (χ0n) is 18.9. The van der Waals surface area contributed by atoms with Crippen molar-refractivity contribution in [1.29, 1.82) is 0 Å². The summed E-state index contributed by atoms with van der Waals surface area (Å²) in [6.07, 6.45) is 1.20. The molecule has 0 unspecified atom stereocenters. The molecule has 0 bridgehead atoms. The second kappa shape index (κ2) is 12.6. The number of sulfone groups is 1. The van der Waals surface area contributed by atoms with Gasteiger partial charge < -0.3 is 20.1 Å². The van der Waals surface area contributed by atoms with E-state index in [2.05, 4.69) is 15.6 Å². The molecule has 0 saturated carbocycles. The van der Waals surface area contributed by atoms with Crippen molar-refractivity contribution in [2.45, 2.75) is 31.8 Å². The summed E-state index contributed by atoms with van der Waals surface area (Å²) >= 11 is 0. The summed E-state index contributed by atoms with van der Waals surface area (Å²) in [4.78, 5) is 16.9. The Kier molecular flexibility index (Phi) is 10.9. The highest BCUT2D eigenvalue weighted by Gasteiger charge is 2.14. The third-order valence-electron chi connectivity index (χ3n) is 4.53. The molecule has 0 aliphatic rings. The number of guanidine groups is 1. The molecule has 0 radical (unpaired) electrons. The lowest BCUT2D eigenvalue weighted by Crippen LogP contribution is -2.36. The van der Waals surface area contributed by atoms with E-state index in [1.54, 1.807) is 31.2 Å². The summed E-state index contributed by atoms with van der Waals surface area (Å²) in [5.41, 5.74) is 2.81. The Morgan fingerprint density at radius 2 is 1.75 bits per heavy atom. The van der Waals surface area contributed by atoms with Gasteiger partial charge in [-0.1, -0.05) is 18.2 Å². The van der Waals surface area contributed by atoms with Gasteiger partial charge >= 0.3 is 5.97 Å². The number of hydrogen-bond donors (Lipinski definition) is 2. The lowest BCUT2D eigenvalue weighted by atomic mass is 10.1. The molecule has 0 aliphatic carbocycles. The molecule has 0 aliphatic heterocycles. The van der Waals surface area contributed by atoms with Crippen LogP contribution in [0.15, 0.2) is 46.3 Å². The van der Waals surface area contributed by atoms with E-state index in [1.807, 2.05) is 19.1 Å². The van der Waals surface area contributed by atoms with Gasteiger partial charge in [0.25, 0.3) is 0 Å². The quantitative estimate of drug-likeness (QED) is 0.216. The molecule has 0 fully saturated rings. The fraction of sp³-hybridized carbons (Fsp3) is 0.364. The van der Waals surface area contributed by atoms with E-state index in [1.165, 1.54) is 20.5 Å². The molecule has 2 aromatic rings. The first-order valence-corrected chi connectivity index (χ1v) is 11.7. The average molecular weight is 575 g/mol. The molecule has 0 aromatic heterocycles. The van der Waals surface area contributed by atoms with Crippen LogP contribution in [0.2, 0.25) is 0 Å². The van der Waals surface area contributed by atoms with Gasteiger partial charge in [-0.15, -0.1) is 24.0 Å². The molecule has 176 valence electrons. The Morgan fingerprint density at radius 1 is 1.06 bits per heavy atom. The number of rotatable bonds is 8. The molecule has 0 spiro atoms. The molecule has 8 nitrogen and oxygen atoms in total. The number of benzene rings is 2. The number of halogens is 1. The number of aryl methyl sites for hydroxylation is 1. The van der Waals surface area contributed by atoms with Crippen LogP contribution in [0.1, 0.15) is 34.0 Å². The first-order valence-electron chi connectivity index (χ1n) is 9.76. The minimum absolute atomic E-state index is 0. The average Bonchev–Trinajstić information content (AvgIpc) is 2.74. The largest absolute Gasteiger partial charge is 0.496 e. The van der Waals surface area contributed by atoms with Gasteiger partial charge in [0.2, 0.25) is 0 Å². The third-order valence-corrected chi connectivity index (χ3v) is 5.79. The van der Waals surface area contributed by atoms with Gasteiger partial charge in [-0.05, 0) is 48.7 Å². The number of nitrogens with zero attached hydrogens (tertiary/aromatic N) is 1. The molecule has 0 heterocycles. The van der Waals surface area contributed by atoms with E-state index in [4.69, 9.17) is 9.47 Å². The molecular weight excluding hydrogens is 545 g/mol. The Morgan fingerprint density at radius 3 is 2.31 bits per heavy atom. The maximum atomic E-state index is 12.0. The normalized spacial score (nSPS) is 11.3. The topological polar surface area (TPSA) is 106 Å². The van der Waals surface area contributed by atoms with E-state index >= 15 is 0 Å². The lowest BCUT2D eigenvalue weighted by Gasteiger charge is -2.13. The van der Waals surface area contributed by atoms with Gasteiger partial charge in [0.05, 0.1) is 25.7 Å². The SMILES string of the molecule is CCNC(=NCc1ccc(S(C)(=O)=O)c(C)c1)NCc1ccc(OC)c(C(=O)OC)c1.I. The predicted octanol–water partition coefficient (Wildman–Crippen LogP) is 3.07. The molecule has 0 amide bonds. The van der Waals surface area contributed by atoms with Gasteiger partial charge in [-0.25, -0.2) is 18.2 Å². The van der Waals surface area contributed by atoms with Crippen LogP contribution in [0.3, 0.4) is 0 Å². The van der Waals surface area contributed by atoms with Crippen molar-refractivity contribution >= 4 is 45.7 Å². The smallest absolute Gasteiger partial charge is 0.341 e. The first kappa shape index (κ1) is 27.7. The summed E-state index contributed by atoms with van der Waals surface area (Å²) in [6.45, 7) is 5.23. The van der Waals surface area contributed by atoms with Crippen LogP contribution in [0.25, 0.3) is 0 Å². The van der Waals surface area contributed by atoms with E-state index in [9.17, 15) is 13.2 Å². The van der Waals surface area contributed by atoms with Crippen LogP contribution in [-0.2, 0) is 27.7 Å². The summed E-state index contributed by atoms with van der Waals surface area (Å²) in [7, 11) is -0.423. The van der Waals surface area contributed by atoms with Gasteiger partial charge in [-0.2, -0.15) is 0 Å². The van der Waals surface area contributed by atoms with E-state index in [0.717, 1.165) is 11.1 Å². The summed E-state index contributed by atoms with van der Waals surface area (Å²) in [6, 6.07) is 10.5. The Balaban J connectivity index is 0.00000512. The number of carbonyl (C=O) groups excluding carboxylic acids is 1. The van der Waals surface area contributed by atoms with Crippen molar-refractivity contribution in [2.24, 2.45) is 4.99 Å². The number of ether oxygens (including phenoxy) is 2. The van der Waals surface area contributed by atoms with Crippen LogP contribution in [-0.4, -0.2) is 47.4 Å². The van der Waals surface area contributed by atoms with E-state index in [0.29, 0.717) is 47.4 Å². The number of nitrogens with one attached hydrogen (secondary N) is 2. The maximum Gasteiger partial charge on any atom is 0.341 e. The van der Waals surface area contributed by atoms with Crippen molar-refractivity contribution < 1.29 is 22.7 Å². The number of carbonyl (C=O) groups is 1. The zero-order valence-corrected chi connectivity index (χ0v) is 22.0. The molecule has 10 heteroatoms. The number of aliphatic imine (C=N–C) groups is 1. The van der Waals surface area contributed by atoms with Crippen molar-refractivity contribution in [3.8, 4) is 5.75 Å². The lowest BCUT2D eigenvalue weighted by molar-refractivity contribution is 0.0597. The van der Waals surface area contributed by atoms with Gasteiger partial charge in [0.1, 0.15) is 11.3 Å². The molecule has 32 heavy (non-hydrogen) atoms. The van der Waals surface area contributed by atoms with Gasteiger partial charge in [-0.3, -0.25) is 0 Å². The second-order valence-electron chi connectivity index (χ2n) is 6.95. The Labute approximate surface area is 206 Å². The van der Waals surface area contributed by atoms with Crippen LogP contribution >= 0.6 is 24.0 Å².